The molecule has 1 N–H and O–H groups in total. The molecule has 1 aliphatic rings. The van der Waals surface area contributed by atoms with Gasteiger partial charge in [-0.1, -0.05) is 0 Å². The molecule has 2 heterocycles. The SMILES string of the molecule is COc1ccc(-c2ccc(OCC3C=C(C(=O)O)OC3C)cc2)nc1. The first kappa shape index (κ1) is 16.8. The summed E-state index contributed by atoms with van der Waals surface area (Å²) in [5.41, 5.74) is 1.82. The number of ether oxygens (including phenoxy) is 3. The Kier molecular flexibility index (Phi) is 4.88. The zero-order valence-corrected chi connectivity index (χ0v) is 14.0. The third-order valence-electron chi connectivity index (χ3n) is 4.06. The molecule has 6 heteroatoms. The van der Waals surface area contributed by atoms with E-state index in [1.807, 2.05) is 43.3 Å². The predicted octanol–water partition coefficient (Wildman–Crippen LogP) is 3.14. The Bertz CT molecular complexity index is 767. The molecule has 0 amide bonds. The van der Waals surface area contributed by atoms with E-state index in [0.717, 1.165) is 11.3 Å². The van der Waals surface area contributed by atoms with Crippen molar-refractivity contribution in [1.29, 1.82) is 0 Å². The van der Waals surface area contributed by atoms with Crippen LogP contribution >= 0.6 is 0 Å². The molecule has 0 spiro atoms. The average molecular weight is 341 g/mol. The molecule has 0 radical (unpaired) electrons. The van der Waals surface area contributed by atoms with Crippen LogP contribution in [0.15, 0.2) is 54.4 Å². The highest BCUT2D eigenvalue weighted by atomic mass is 16.5. The van der Waals surface area contributed by atoms with Crippen molar-refractivity contribution in [3.8, 4) is 22.8 Å². The zero-order chi connectivity index (χ0) is 17.8. The second-order valence-electron chi connectivity index (χ2n) is 5.74. The molecule has 3 rings (SSSR count). The van der Waals surface area contributed by atoms with Gasteiger partial charge in [-0.15, -0.1) is 0 Å². The number of carboxylic acids is 1. The van der Waals surface area contributed by atoms with Crippen molar-refractivity contribution in [3.63, 3.8) is 0 Å². The van der Waals surface area contributed by atoms with Crippen LogP contribution in [0.4, 0.5) is 0 Å². The summed E-state index contributed by atoms with van der Waals surface area (Å²) >= 11 is 0. The maximum atomic E-state index is 10.9. The van der Waals surface area contributed by atoms with Crippen molar-refractivity contribution in [3.05, 3.63) is 54.4 Å². The number of aromatic nitrogens is 1. The van der Waals surface area contributed by atoms with Crippen LogP contribution in [0.2, 0.25) is 0 Å². The largest absolute Gasteiger partial charge is 0.495 e. The Balaban J connectivity index is 1.62. The van der Waals surface area contributed by atoms with Crippen molar-refractivity contribution in [2.75, 3.05) is 13.7 Å². The molecular weight excluding hydrogens is 322 g/mol. The van der Waals surface area contributed by atoms with E-state index in [9.17, 15) is 4.79 Å². The Morgan fingerprint density at radius 1 is 1.20 bits per heavy atom. The summed E-state index contributed by atoms with van der Waals surface area (Å²) in [6, 6.07) is 11.3. The standard InChI is InChI=1S/C19H19NO5/c1-12-14(9-18(25-12)19(21)22)11-24-15-5-3-13(4-6-15)17-8-7-16(23-2)10-20-17/h3-10,12,14H,11H2,1-2H3,(H,21,22). The lowest BCUT2D eigenvalue weighted by Crippen LogP contribution is -2.19. The van der Waals surface area contributed by atoms with Crippen molar-refractivity contribution < 1.29 is 24.1 Å². The monoisotopic (exact) mass is 341 g/mol. The van der Waals surface area contributed by atoms with E-state index in [1.165, 1.54) is 0 Å². The first-order valence-electron chi connectivity index (χ1n) is 7.92. The van der Waals surface area contributed by atoms with Gasteiger partial charge in [0, 0.05) is 5.56 Å². The number of pyridine rings is 1. The van der Waals surface area contributed by atoms with E-state index in [2.05, 4.69) is 4.98 Å². The van der Waals surface area contributed by atoms with Gasteiger partial charge in [0.05, 0.1) is 31.5 Å². The summed E-state index contributed by atoms with van der Waals surface area (Å²) in [4.78, 5) is 15.3. The topological polar surface area (TPSA) is 77.9 Å². The fourth-order valence-electron chi connectivity index (χ4n) is 2.55. The number of carbonyl (C=O) groups is 1. The Hall–Kier alpha value is -3.02. The van der Waals surface area contributed by atoms with Crippen molar-refractivity contribution in [1.82, 2.24) is 4.98 Å². The summed E-state index contributed by atoms with van der Waals surface area (Å²) in [6.07, 6.45) is 3.06. The van der Waals surface area contributed by atoms with Crippen LogP contribution in [0, 0.1) is 5.92 Å². The van der Waals surface area contributed by atoms with Crippen LogP contribution in [0.3, 0.4) is 0 Å². The lowest BCUT2D eigenvalue weighted by Gasteiger charge is -2.15. The maximum absolute atomic E-state index is 10.9. The van der Waals surface area contributed by atoms with E-state index < -0.39 is 5.97 Å². The summed E-state index contributed by atoms with van der Waals surface area (Å²) in [5.74, 6) is 0.272. The Morgan fingerprint density at radius 3 is 2.48 bits per heavy atom. The van der Waals surface area contributed by atoms with Crippen LogP contribution < -0.4 is 9.47 Å². The van der Waals surface area contributed by atoms with Gasteiger partial charge in [0.25, 0.3) is 0 Å². The minimum Gasteiger partial charge on any atom is -0.495 e. The number of methoxy groups -OCH3 is 1. The lowest BCUT2D eigenvalue weighted by atomic mass is 10.1. The Labute approximate surface area is 145 Å². The molecule has 25 heavy (non-hydrogen) atoms. The van der Waals surface area contributed by atoms with E-state index >= 15 is 0 Å². The first-order valence-corrected chi connectivity index (χ1v) is 7.92. The van der Waals surface area contributed by atoms with E-state index in [0.29, 0.717) is 18.1 Å². The molecule has 6 nitrogen and oxygen atoms in total. The minimum atomic E-state index is -1.05. The second-order valence-corrected chi connectivity index (χ2v) is 5.74. The number of carboxylic acid groups (broad SMARTS) is 1. The average Bonchev–Trinajstić information content (AvgIpc) is 3.02. The van der Waals surface area contributed by atoms with E-state index in [4.69, 9.17) is 19.3 Å². The smallest absolute Gasteiger partial charge is 0.370 e. The van der Waals surface area contributed by atoms with Gasteiger partial charge in [-0.05, 0) is 49.4 Å². The number of nitrogens with zero attached hydrogens (tertiary/aromatic N) is 1. The van der Waals surface area contributed by atoms with Gasteiger partial charge in [-0.25, -0.2) is 4.79 Å². The molecule has 1 aromatic carbocycles. The fraction of sp³-hybridized carbons (Fsp3) is 0.263. The van der Waals surface area contributed by atoms with Gasteiger partial charge < -0.3 is 19.3 Å². The van der Waals surface area contributed by atoms with E-state index in [1.54, 1.807) is 19.4 Å². The highest BCUT2D eigenvalue weighted by molar-refractivity contribution is 5.84. The summed E-state index contributed by atoms with van der Waals surface area (Å²) in [6.45, 7) is 2.19. The van der Waals surface area contributed by atoms with Crippen LogP contribution in [0.25, 0.3) is 11.3 Å². The third-order valence-corrected chi connectivity index (χ3v) is 4.06. The van der Waals surface area contributed by atoms with Gasteiger partial charge >= 0.3 is 5.97 Å². The van der Waals surface area contributed by atoms with Crippen molar-refractivity contribution in [2.24, 2.45) is 5.92 Å². The normalized spacial score (nSPS) is 19.0. The predicted molar refractivity (Wildman–Crippen MR) is 91.5 cm³/mol. The summed E-state index contributed by atoms with van der Waals surface area (Å²) < 4.78 is 16.1. The molecule has 0 aliphatic carbocycles. The molecule has 0 saturated carbocycles. The molecule has 2 aromatic rings. The number of benzene rings is 1. The van der Waals surface area contributed by atoms with Crippen LogP contribution in [0.5, 0.6) is 11.5 Å². The summed E-state index contributed by atoms with van der Waals surface area (Å²) in [5, 5.41) is 8.96. The van der Waals surface area contributed by atoms with Gasteiger partial charge in [0.15, 0.2) is 0 Å². The molecule has 2 atom stereocenters. The fourth-order valence-corrected chi connectivity index (χ4v) is 2.55. The van der Waals surface area contributed by atoms with Gasteiger partial charge in [0.1, 0.15) is 17.6 Å². The van der Waals surface area contributed by atoms with Gasteiger partial charge in [-0.3, -0.25) is 4.98 Å². The van der Waals surface area contributed by atoms with Gasteiger partial charge in [-0.2, -0.15) is 0 Å². The van der Waals surface area contributed by atoms with Crippen molar-refractivity contribution >= 4 is 5.97 Å². The molecule has 0 saturated heterocycles. The highest BCUT2D eigenvalue weighted by Crippen LogP contribution is 2.26. The molecule has 0 bridgehead atoms. The highest BCUT2D eigenvalue weighted by Gasteiger charge is 2.29. The molecule has 130 valence electrons. The number of hydrogen-bond acceptors (Lipinski definition) is 5. The zero-order valence-electron chi connectivity index (χ0n) is 14.0. The Morgan fingerprint density at radius 2 is 1.92 bits per heavy atom. The quantitative estimate of drug-likeness (QED) is 0.870. The molecule has 2 unspecified atom stereocenters. The van der Waals surface area contributed by atoms with Crippen LogP contribution in [-0.2, 0) is 9.53 Å². The molecule has 1 aromatic heterocycles. The number of aliphatic carboxylic acids is 1. The first-order chi connectivity index (χ1) is 12.1. The summed E-state index contributed by atoms with van der Waals surface area (Å²) in [7, 11) is 1.60. The van der Waals surface area contributed by atoms with Crippen LogP contribution in [0.1, 0.15) is 6.92 Å². The van der Waals surface area contributed by atoms with E-state index in [-0.39, 0.29) is 17.8 Å². The molecular formula is C19H19NO5. The maximum Gasteiger partial charge on any atom is 0.370 e. The molecule has 1 aliphatic heterocycles. The van der Waals surface area contributed by atoms with Gasteiger partial charge in [0.2, 0.25) is 5.76 Å². The van der Waals surface area contributed by atoms with Crippen molar-refractivity contribution in [2.45, 2.75) is 13.0 Å². The van der Waals surface area contributed by atoms with Crippen LogP contribution in [-0.4, -0.2) is 35.9 Å². The lowest BCUT2D eigenvalue weighted by molar-refractivity contribution is -0.137. The molecule has 0 fully saturated rings. The third kappa shape index (κ3) is 3.91. The number of hydrogen-bond donors (Lipinski definition) is 1. The number of rotatable bonds is 6. The second kappa shape index (κ2) is 7.25. The minimum absolute atomic E-state index is 0.0120.